The summed E-state index contributed by atoms with van der Waals surface area (Å²) in [5.74, 6) is 0.493. The molecule has 0 aliphatic carbocycles. The van der Waals surface area contributed by atoms with E-state index in [0.29, 0.717) is 5.92 Å². The van der Waals surface area contributed by atoms with Gasteiger partial charge in [-0.15, -0.1) is 24.8 Å². The maximum atomic E-state index is 11.1. The van der Waals surface area contributed by atoms with Crippen molar-refractivity contribution in [3.63, 3.8) is 0 Å². The molecule has 1 saturated heterocycles. The third-order valence-corrected chi connectivity index (χ3v) is 4.25. The van der Waals surface area contributed by atoms with Gasteiger partial charge in [0, 0.05) is 37.4 Å². The average molecular weight is 359 g/mol. The van der Waals surface area contributed by atoms with Crippen LogP contribution in [0.4, 0.5) is 0 Å². The largest absolute Gasteiger partial charge is 0.326 e. The maximum absolute atomic E-state index is 11.1. The molecule has 0 unspecified atom stereocenters. The van der Waals surface area contributed by atoms with Gasteiger partial charge in [0.25, 0.3) is 5.56 Å². The molecule has 2 atom stereocenters. The van der Waals surface area contributed by atoms with E-state index in [4.69, 9.17) is 5.73 Å². The monoisotopic (exact) mass is 358 g/mol. The Kier molecular flexibility index (Phi) is 7.85. The fourth-order valence-electron chi connectivity index (χ4n) is 3.11. The molecule has 2 heterocycles. The summed E-state index contributed by atoms with van der Waals surface area (Å²) in [6.07, 6.45) is 1.89. The predicted molar refractivity (Wildman–Crippen MR) is 97.4 cm³/mol. The summed E-state index contributed by atoms with van der Waals surface area (Å²) >= 11 is 0. The van der Waals surface area contributed by atoms with Gasteiger partial charge < -0.3 is 10.8 Å². The normalized spacial score (nSPS) is 20.7. The molecule has 3 rings (SSSR count). The topological polar surface area (TPSA) is 77.9 Å². The lowest BCUT2D eigenvalue weighted by molar-refractivity contribution is 0.313. The highest BCUT2D eigenvalue weighted by Crippen LogP contribution is 2.22. The first-order chi connectivity index (χ1) is 10.2. The Labute approximate surface area is 148 Å². The molecule has 1 aliphatic heterocycles. The van der Waals surface area contributed by atoms with Crippen LogP contribution in [0.25, 0.3) is 0 Å². The van der Waals surface area contributed by atoms with Gasteiger partial charge in [-0.2, -0.15) is 0 Å². The van der Waals surface area contributed by atoms with Crippen molar-refractivity contribution in [1.82, 2.24) is 15.1 Å². The second-order valence-electron chi connectivity index (χ2n) is 5.93. The molecule has 1 aromatic carbocycles. The first-order valence-electron chi connectivity index (χ1n) is 7.49. The standard InChI is InChI=1S/C16H22N4O.2ClH/c17-15-11-20(9-12-4-2-1-3-5-12)10-13(15)6-7-14-8-16(21)19-18-14;;/h1-5,8,13,15H,6-7,9-11,17H2,(H2,18,19,21);2*1H/t13-,15+;;/m1../s1. The second kappa shape index (κ2) is 9.13. The van der Waals surface area contributed by atoms with Crippen LogP contribution >= 0.6 is 24.8 Å². The Hall–Kier alpha value is -1.27. The van der Waals surface area contributed by atoms with Gasteiger partial charge >= 0.3 is 0 Å². The molecule has 128 valence electrons. The molecular weight excluding hydrogens is 335 g/mol. The van der Waals surface area contributed by atoms with Crippen molar-refractivity contribution in [1.29, 1.82) is 0 Å². The number of halogens is 2. The van der Waals surface area contributed by atoms with Crippen LogP contribution in [0.2, 0.25) is 0 Å². The molecule has 4 N–H and O–H groups in total. The molecule has 0 spiro atoms. The zero-order chi connectivity index (χ0) is 14.7. The quantitative estimate of drug-likeness (QED) is 0.764. The first kappa shape index (κ1) is 19.8. The summed E-state index contributed by atoms with van der Waals surface area (Å²) in [7, 11) is 0. The molecule has 23 heavy (non-hydrogen) atoms. The zero-order valence-corrected chi connectivity index (χ0v) is 14.5. The molecule has 0 amide bonds. The fourth-order valence-corrected chi connectivity index (χ4v) is 3.11. The van der Waals surface area contributed by atoms with Gasteiger partial charge in [0.05, 0.1) is 0 Å². The molecule has 1 aliphatic rings. The van der Waals surface area contributed by atoms with Crippen LogP contribution in [0.3, 0.4) is 0 Å². The third-order valence-electron chi connectivity index (χ3n) is 4.25. The number of nitrogens with zero attached hydrogens (tertiary/aromatic N) is 1. The van der Waals surface area contributed by atoms with Crippen molar-refractivity contribution < 1.29 is 0 Å². The van der Waals surface area contributed by atoms with Crippen molar-refractivity contribution in [2.75, 3.05) is 13.1 Å². The van der Waals surface area contributed by atoms with Crippen LogP contribution in [0.1, 0.15) is 17.7 Å². The average Bonchev–Trinajstić information content (AvgIpc) is 3.04. The number of nitrogens with two attached hydrogens (primary N) is 1. The molecule has 7 heteroatoms. The lowest BCUT2D eigenvalue weighted by atomic mass is 9.98. The highest BCUT2D eigenvalue weighted by Gasteiger charge is 2.29. The van der Waals surface area contributed by atoms with E-state index in [1.165, 1.54) is 5.56 Å². The van der Waals surface area contributed by atoms with Crippen LogP contribution in [0.15, 0.2) is 41.2 Å². The van der Waals surface area contributed by atoms with E-state index in [1.807, 2.05) is 6.07 Å². The lowest BCUT2D eigenvalue weighted by Gasteiger charge is -2.15. The van der Waals surface area contributed by atoms with Gasteiger partial charge in [0.15, 0.2) is 0 Å². The number of aromatic amines is 2. The number of likely N-dealkylation sites (tertiary alicyclic amines) is 1. The second-order valence-corrected chi connectivity index (χ2v) is 5.93. The first-order valence-corrected chi connectivity index (χ1v) is 7.49. The Balaban J connectivity index is 0.00000132. The SMILES string of the molecule is Cl.Cl.N[C@H]1CN(Cc2ccccc2)C[C@H]1CCc1cc(=O)[nH][nH]1. The van der Waals surface area contributed by atoms with Crippen LogP contribution in [0.5, 0.6) is 0 Å². The Morgan fingerprint density at radius 2 is 1.87 bits per heavy atom. The van der Waals surface area contributed by atoms with Crippen molar-refractivity contribution >= 4 is 24.8 Å². The number of aromatic nitrogens is 2. The third kappa shape index (κ3) is 5.39. The molecule has 2 aromatic rings. The van der Waals surface area contributed by atoms with E-state index in [2.05, 4.69) is 39.4 Å². The van der Waals surface area contributed by atoms with Gasteiger partial charge in [0.2, 0.25) is 0 Å². The summed E-state index contributed by atoms with van der Waals surface area (Å²) < 4.78 is 0. The number of aryl methyl sites for hydroxylation is 1. The van der Waals surface area contributed by atoms with E-state index < -0.39 is 0 Å². The minimum Gasteiger partial charge on any atom is -0.326 e. The van der Waals surface area contributed by atoms with Crippen molar-refractivity contribution in [3.05, 3.63) is 58.0 Å². The molecule has 1 aromatic heterocycles. The minimum absolute atomic E-state index is 0. The van der Waals surface area contributed by atoms with Gasteiger partial charge in [-0.1, -0.05) is 30.3 Å². The predicted octanol–water partition coefficient (Wildman–Crippen LogP) is 1.94. The van der Waals surface area contributed by atoms with E-state index in [0.717, 1.165) is 38.2 Å². The highest BCUT2D eigenvalue weighted by atomic mass is 35.5. The van der Waals surface area contributed by atoms with E-state index >= 15 is 0 Å². The minimum atomic E-state index is -0.0635. The summed E-state index contributed by atoms with van der Waals surface area (Å²) in [4.78, 5) is 13.5. The van der Waals surface area contributed by atoms with Crippen LogP contribution in [-0.4, -0.2) is 34.2 Å². The molecule has 1 fully saturated rings. The number of benzene rings is 1. The fraction of sp³-hybridized carbons (Fsp3) is 0.438. The van der Waals surface area contributed by atoms with Crippen molar-refractivity contribution in [2.45, 2.75) is 25.4 Å². The van der Waals surface area contributed by atoms with Crippen molar-refractivity contribution in [2.24, 2.45) is 11.7 Å². The smallest absolute Gasteiger partial charge is 0.264 e. The van der Waals surface area contributed by atoms with Gasteiger partial charge in [-0.05, 0) is 24.3 Å². The Bertz CT molecular complexity index is 628. The molecular formula is C16H24Cl2N4O. The summed E-state index contributed by atoms with van der Waals surface area (Å²) in [5.41, 5.74) is 8.51. The number of H-pyrrole nitrogens is 2. The van der Waals surface area contributed by atoms with Gasteiger partial charge in [-0.3, -0.25) is 14.8 Å². The Morgan fingerprint density at radius 3 is 2.52 bits per heavy atom. The lowest BCUT2D eigenvalue weighted by Crippen LogP contribution is -2.29. The maximum Gasteiger partial charge on any atom is 0.264 e. The van der Waals surface area contributed by atoms with E-state index in [1.54, 1.807) is 6.07 Å². The van der Waals surface area contributed by atoms with E-state index in [9.17, 15) is 4.79 Å². The van der Waals surface area contributed by atoms with Crippen LogP contribution < -0.4 is 11.3 Å². The summed E-state index contributed by atoms with van der Waals surface area (Å²) in [6.45, 7) is 2.94. The van der Waals surface area contributed by atoms with Gasteiger partial charge in [-0.25, -0.2) is 0 Å². The van der Waals surface area contributed by atoms with Gasteiger partial charge in [0.1, 0.15) is 0 Å². The zero-order valence-electron chi connectivity index (χ0n) is 12.9. The molecule has 0 radical (unpaired) electrons. The molecule has 5 nitrogen and oxygen atoms in total. The summed E-state index contributed by atoms with van der Waals surface area (Å²) in [6, 6.07) is 12.4. The van der Waals surface area contributed by atoms with Crippen molar-refractivity contribution in [3.8, 4) is 0 Å². The van der Waals surface area contributed by atoms with Crippen LogP contribution in [-0.2, 0) is 13.0 Å². The molecule has 0 bridgehead atoms. The summed E-state index contributed by atoms with van der Waals surface area (Å²) in [5, 5.41) is 5.48. The highest BCUT2D eigenvalue weighted by molar-refractivity contribution is 5.85. The number of rotatable bonds is 5. The van der Waals surface area contributed by atoms with Crippen LogP contribution in [0, 0.1) is 5.92 Å². The molecule has 0 saturated carbocycles. The number of nitrogens with one attached hydrogen (secondary N) is 2. The Morgan fingerprint density at radius 1 is 1.13 bits per heavy atom. The van der Waals surface area contributed by atoms with E-state index in [-0.39, 0.29) is 36.4 Å². The number of hydrogen-bond acceptors (Lipinski definition) is 3. The number of hydrogen-bond donors (Lipinski definition) is 3.